The highest BCUT2D eigenvalue weighted by molar-refractivity contribution is 7.13. The number of benzene rings is 1. The van der Waals surface area contributed by atoms with Gasteiger partial charge in [-0.2, -0.15) is 0 Å². The van der Waals surface area contributed by atoms with Gasteiger partial charge >= 0.3 is 0 Å². The van der Waals surface area contributed by atoms with Gasteiger partial charge in [0, 0.05) is 18.6 Å². The smallest absolute Gasteiger partial charge is 0.210 e. The Morgan fingerprint density at radius 3 is 2.74 bits per heavy atom. The van der Waals surface area contributed by atoms with Crippen molar-refractivity contribution in [3.8, 4) is 0 Å². The molecule has 1 aromatic carbocycles. The van der Waals surface area contributed by atoms with Gasteiger partial charge in [0.05, 0.1) is 18.4 Å². The molecule has 0 aliphatic heterocycles. The fourth-order valence-corrected chi connectivity index (χ4v) is 1.93. The molecule has 0 fully saturated rings. The molecule has 2 aromatic rings. The van der Waals surface area contributed by atoms with Gasteiger partial charge in [-0.05, 0) is 31.0 Å². The van der Waals surface area contributed by atoms with E-state index in [9.17, 15) is 0 Å². The molecule has 19 heavy (non-hydrogen) atoms. The number of thiazole rings is 1. The highest BCUT2D eigenvalue weighted by atomic mass is 32.1. The van der Waals surface area contributed by atoms with Crippen LogP contribution in [-0.2, 0) is 0 Å². The molecule has 98 valence electrons. The maximum Gasteiger partial charge on any atom is 0.210 e. The van der Waals surface area contributed by atoms with Crippen LogP contribution in [0.3, 0.4) is 0 Å². The Balaban J connectivity index is 2.03. The molecule has 0 saturated carbocycles. The van der Waals surface area contributed by atoms with Crippen molar-refractivity contribution in [2.75, 3.05) is 7.05 Å². The zero-order chi connectivity index (χ0) is 13.7. The molecule has 0 unspecified atom stereocenters. The molecule has 5 heteroatoms. The lowest BCUT2D eigenvalue weighted by atomic mass is 10.1. The normalized spacial score (nSPS) is 11.5. The van der Waals surface area contributed by atoms with Crippen LogP contribution in [0.15, 0.2) is 39.8 Å². The summed E-state index contributed by atoms with van der Waals surface area (Å²) in [5.74, 6) is 0. The first-order chi connectivity index (χ1) is 9.15. The highest BCUT2D eigenvalue weighted by Gasteiger charge is 1.96. The van der Waals surface area contributed by atoms with Crippen LogP contribution in [0.25, 0.3) is 0 Å². The second-order valence-electron chi connectivity index (χ2n) is 4.26. The van der Waals surface area contributed by atoms with Crippen LogP contribution in [0.4, 0.5) is 10.8 Å². The molecule has 0 spiro atoms. The monoisotopic (exact) mass is 272 g/mol. The molecule has 2 rings (SSSR count). The molecule has 0 radical (unpaired) electrons. The summed E-state index contributed by atoms with van der Waals surface area (Å²) in [4.78, 5) is 14.6. The topological polar surface area (TPSA) is 40.9 Å². The fraction of sp³-hybridized carbons (Fsp3) is 0.214. The Labute approximate surface area is 117 Å². The first-order valence-corrected chi connectivity index (χ1v) is 6.80. The standard InChI is InChI=1S/C14H16N4S/c1-11-4-5-12(2)13(8-11)16-9-18(3)10-17-14-15-6-7-19-14/h4-10H,1-3H3. The quantitative estimate of drug-likeness (QED) is 0.629. The average Bonchev–Trinajstić information content (AvgIpc) is 2.90. The van der Waals surface area contributed by atoms with E-state index in [4.69, 9.17) is 0 Å². The summed E-state index contributed by atoms with van der Waals surface area (Å²) in [7, 11) is 1.89. The van der Waals surface area contributed by atoms with Gasteiger partial charge < -0.3 is 4.90 Å². The van der Waals surface area contributed by atoms with E-state index < -0.39 is 0 Å². The lowest BCUT2D eigenvalue weighted by molar-refractivity contribution is 0.801. The van der Waals surface area contributed by atoms with Crippen molar-refractivity contribution < 1.29 is 0 Å². The second-order valence-corrected chi connectivity index (χ2v) is 5.13. The Hall–Kier alpha value is -2.01. The van der Waals surface area contributed by atoms with Crippen molar-refractivity contribution in [2.45, 2.75) is 13.8 Å². The van der Waals surface area contributed by atoms with Crippen LogP contribution in [-0.4, -0.2) is 29.6 Å². The molecule has 0 N–H and O–H groups in total. The maximum atomic E-state index is 4.46. The Morgan fingerprint density at radius 2 is 2.00 bits per heavy atom. The summed E-state index contributed by atoms with van der Waals surface area (Å²) < 4.78 is 0. The van der Waals surface area contributed by atoms with Gasteiger partial charge in [0.25, 0.3) is 0 Å². The molecule has 0 bridgehead atoms. The third-order valence-electron chi connectivity index (χ3n) is 2.51. The number of aromatic nitrogens is 1. The third kappa shape index (κ3) is 3.99. The lowest BCUT2D eigenvalue weighted by Crippen LogP contribution is -2.12. The minimum Gasteiger partial charge on any atom is -0.326 e. The van der Waals surface area contributed by atoms with E-state index in [0.717, 1.165) is 16.4 Å². The molecule has 0 aliphatic carbocycles. The van der Waals surface area contributed by atoms with Crippen molar-refractivity contribution in [1.29, 1.82) is 0 Å². The zero-order valence-electron chi connectivity index (χ0n) is 11.2. The molecular formula is C14H16N4S. The van der Waals surface area contributed by atoms with Crippen LogP contribution in [0.5, 0.6) is 0 Å². The minimum absolute atomic E-state index is 0.743. The van der Waals surface area contributed by atoms with Crippen LogP contribution in [0.1, 0.15) is 11.1 Å². The molecule has 4 nitrogen and oxygen atoms in total. The van der Waals surface area contributed by atoms with E-state index >= 15 is 0 Å². The zero-order valence-corrected chi connectivity index (χ0v) is 12.1. The van der Waals surface area contributed by atoms with Gasteiger partial charge in [-0.3, -0.25) is 0 Å². The van der Waals surface area contributed by atoms with Gasteiger partial charge in [0.15, 0.2) is 0 Å². The molecule has 0 amide bonds. The van der Waals surface area contributed by atoms with Crippen LogP contribution >= 0.6 is 11.3 Å². The van der Waals surface area contributed by atoms with Crippen molar-refractivity contribution in [1.82, 2.24) is 9.88 Å². The van der Waals surface area contributed by atoms with E-state index in [1.54, 1.807) is 18.9 Å². The van der Waals surface area contributed by atoms with Crippen molar-refractivity contribution >= 4 is 34.8 Å². The first kappa shape index (κ1) is 13.4. The van der Waals surface area contributed by atoms with Crippen LogP contribution in [0, 0.1) is 13.8 Å². The van der Waals surface area contributed by atoms with E-state index in [1.807, 2.05) is 17.3 Å². The summed E-state index contributed by atoms with van der Waals surface area (Å²) in [5.41, 5.74) is 3.35. The summed E-state index contributed by atoms with van der Waals surface area (Å²) in [6.45, 7) is 4.11. The predicted octanol–water partition coefficient (Wildman–Crippen LogP) is 3.71. The number of aliphatic imine (C=N–C) groups is 2. The van der Waals surface area contributed by atoms with Gasteiger partial charge in [-0.1, -0.05) is 12.1 Å². The SMILES string of the molecule is Cc1ccc(C)c(N=CN(C)C=Nc2nccs2)c1. The van der Waals surface area contributed by atoms with Crippen LogP contribution < -0.4 is 0 Å². The van der Waals surface area contributed by atoms with Crippen molar-refractivity contribution in [2.24, 2.45) is 9.98 Å². The number of hydrogen-bond donors (Lipinski definition) is 0. The molecule has 0 aliphatic rings. The predicted molar refractivity (Wildman–Crippen MR) is 82.1 cm³/mol. The summed E-state index contributed by atoms with van der Waals surface area (Å²) >= 11 is 1.50. The lowest BCUT2D eigenvalue weighted by Gasteiger charge is -2.06. The summed E-state index contributed by atoms with van der Waals surface area (Å²) in [6, 6.07) is 6.23. The number of rotatable bonds is 4. The van der Waals surface area contributed by atoms with Crippen molar-refractivity contribution in [3.63, 3.8) is 0 Å². The first-order valence-electron chi connectivity index (χ1n) is 5.92. The van der Waals surface area contributed by atoms with Crippen LogP contribution in [0.2, 0.25) is 0 Å². The van der Waals surface area contributed by atoms with E-state index in [-0.39, 0.29) is 0 Å². The molecule has 0 saturated heterocycles. The molecule has 1 aromatic heterocycles. The maximum absolute atomic E-state index is 4.46. The molecule has 1 heterocycles. The fourth-order valence-electron chi connectivity index (χ4n) is 1.46. The Bertz CT molecular complexity index is 587. The molecule has 0 atom stereocenters. The minimum atomic E-state index is 0.743. The second kappa shape index (κ2) is 6.24. The van der Waals surface area contributed by atoms with Gasteiger partial charge in [0.2, 0.25) is 5.13 Å². The van der Waals surface area contributed by atoms with Gasteiger partial charge in [-0.25, -0.2) is 15.0 Å². The van der Waals surface area contributed by atoms with E-state index in [0.29, 0.717) is 0 Å². The van der Waals surface area contributed by atoms with Crippen molar-refractivity contribution in [3.05, 3.63) is 40.9 Å². The highest BCUT2D eigenvalue weighted by Crippen LogP contribution is 2.19. The Kier molecular flexibility index (Phi) is 4.41. The third-order valence-corrected chi connectivity index (χ3v) is 3.19. The van der Waals surface area contributed by atoms with E-state index in [2.05, 4.69) is 47.0 Å². The number of aryl methyl sites for hydroxylation is 2. The summed E-state index contributed by atoms with van der Waals surface area (Å²) in [5, 5.41) is 2.64. The number of hydrogen-bond acceptors (Lipinski definition) is 4. The van der Waals surface area contributed by atoms with Gasteiger partial charge in [-0.15, -0.1) is 11.3 Å². The largest absolute Gasteiger partial charge is 0.326 e. The number of nitrogens with zero attached hydrogens (tertiary/aromatic N) is 4. The van der Waals surface area contributed by atoms with E-state index in [1.165, 1.54) is 16.9 Å². The molecular weight excluding hydrogens is 256 g/mol. The average molecular weight is 272 g/mol. The van der Waals surface area contributed by atoms with Gasteiger partial charge in [0.1, 0.15) is 0 Å². The Morgan fingerprint density at radius 1 is 1.21 bits per heavy atom. The summed E-state index contributed by atoms with van der Waals surface area (Å²) in [6.07, 6.45) is 5.19.